The molecule has 1 aliphatic rings. The van der Waals surface area contributed by atoms with E-state index in [1.54, 1.807) is 0 Å². The van der Waals surface area contributed by atoms with E-state index in [-0.39, 0.29) is 0 Å². The Morgan fingerprint density at radius 1 is 1.47 bits per heavy atom. The maximum absolute atomic E-state index is 5.36. The van der Waals surface area contributed by atoms with Crippen molar-refractivity contribution in [2.45, 2.75) is 52.0 Å². The highest BCUT2D eigenvalue weighted by molar-refractivity contribution is 4.90. The van der Waals surface area contributed by atoms with Crippen molar-refractivity contribution in [3.8, 4) is 0 Å². The Kier molecular flexibility index (Phi) is 5.79. The number of aryl methyl sites for hydroxylation is 1. The van der Waals surface area contributed by atoms with Crippen LogP contribution in [0.15, 0.2) is 4.52 Å². The van der Waals surface area contributed by atoms with Crippen molar-refractivity contribution in [3.63, 3.8) is 0 Å². The second-order valence-corrected chi connectivity index (χ2v) is 5.43. The van der Waals surface area contributed by atoms with Crippen LogP contribution in [0.25, 0.3) is 0 Å². The maximum atomic E-state index is 5.36. The highest BCUT2D eigenvalue weighted by Gasteiger charge is 2.19. The van der Waals surface area contributed by atoms with Crippen LogP contribution in [0.3, 0.4) is 0 Å². The largest absolute Gasteiger partial charge is 0.381 e. The fourth-order valence-electron chi connectivity index (χ4n) is 2.31. The van der Waals surface area contributed by atoms with Crippen molar-refractivity contribution in [1.29, 1.82) is 0 Å². The molecule has 1 aromatic rings. The molecule has 2 unspecified atom stereocenters. The molecule has 5 nitrogen and oxygen atoms in total. The Hall–Kier alpha value is -0.940. The van der Waals surface area contributed by atoms with E-state index >= 15 is 0 Å². The van der Waals surface area contributed by atoms with E-state index in [2.05, 4.69) is 29.3 Å². The minimum Gasteiger partial charge on any atom is -0.381 e. The molecule has 108 valence electrons. The summed E-state index contributed by atoms with van der Waals surface area (Å²) in [6, 6.07) is 0.499. The number of nitrogens with one attached hydrogen (secondary N) is 1. The Morgan fingerprint density at radius 2 is 2.37 bits per heavy atom. The summed E-state index contributed by atoms with van der Waals surface area (Å²) >= 11 is 0. The van der Waals surface area contributed by atoms with Gasteiger partial charge in [-0.3, -0.25) is 0 Å². The second kappa shape index (κ2) is 7.60. The SMILES string of the molecule is CCCNC(C)CCc1nc(CC2CCOC2)no1. The molecule has 2 heterocycles. The van der Waals surface area contributed by atoms with Crippen LogP contribution in [0, 0.1) is 5.92 Å². The van der Waals surface area contributed by atoms with Gasteiger partial charge in [0.25, 0.3) is 0 Å². The summed E-state index contributed by atoms with van der Waals surface area (Å²) in [5, 5.41) is 7.52. The van der Waals surface area contributed by atoms with Gasteiger partial charge >= 0.3 is 0 Å². The molecule has 1 aromatic heterocycles. The van der Waals surface area contributed by atoms with Gasteiger partial charge in [-0.1, -0.05) is 12.1 Å². The molecule has 1 aliphatic heterocycles. The molecule has 1 N–H and O–H groups in total. The molecule has 0 saturated carbocycles. The van der Waals surface area contributed by atoms with Crippen molar-refractivity contribution < 1.29 is 9.26 Å². The summed E-state index contributed by atoms with van der Waals surface area (Å²) < 4.78 is 10.7. The van der Waals surface area contributed by atoms with E-state index in [1.807, 2.05) is 0 Å². The summed E-state index contributed by atoms with van der Waals surface area (Å²) in [4.78, 5) is 4.46. The van der Waals surface area contributed by atoms with Gasteiger partial charge < -0.3 is 14.6 Å². The van der Waals surface area contributed by atoms with Crippen LogP contribution in [0.5, 0.6) is 0 Å². The highest BCUT2D eigenvalue weighted by atomic mass is 16.5. The molecule has 0 aliphatic carbocycles. The molecule has 5 heteroatoms. The third-order valence-corrected chi connectivity index (χ3v) is 3.54. The summed E-state index contributed by atoms with van der Waals surface area (Å²) in [7, 11) is 0. The molecule has 0 radical (unpaired) electrons. The highest BCUT2D eigenvalue weighted by Crippen LogP contribution is 2.16. The van der Waals surface area contributed by atoms with Gasteiger partial charge in [0.15, 0.2) is 5.82 Å². The zero-order valence-corrected chi connectivity index (χ0v) is 12.0. The molecule has 0 bridgehead atoms. The molecule has 19 heavy (non-hydrogen) atoms. The van der Waals surface area contributed by atoms with Gasteiger partial charge in [-0.25, -0.2) is 0 Å². The lowest BCUT2D eigenvalue weighted by Crippen LogP contribution is -2.27. The predicted molar refractivity (Wildman–Crippen MR) is 73.0 cm³/mol. The van der Waals surface area contributed by atoms with Crippen molar-refractivity contribution in [2.75, 3.05) is 19.8 Å². The van der Waals surface area contributed by atoms with E-state index < -0.39 is 0 Å². The first-order valence-corrected chi connectivity index (χ1v) is 7.40. The van der Waals surface area contributed by atoms with Gasteiger partial charge in [0, 0.05) is 32.1 Å². The van der Waals surface area contributed by atoms with Crippen molar-refractivity contribution in [3.05, 3.63) is 11.7 Å². The summed E-state index contributed by atoms with van der Waals surface area (Å²) in [6.45, 7) is 7.15. The molecular weight excluding hydrogens is 242 g/mol. The average Bonchev–Trinajstić information content (AvgIpc) is 3.06. The average molecular weight is 267 g/mol. The lowest BCUT2D eigenvalue weighted by molar-refractivity contribution is 0.185. The Bertz CT molecular complexity index is 361. The number of nitrogens with zero attached hydrogens (tertiary/aromatic N) is 2. The molecule has 0 spiro atoms. The third-order valence-electron chi connectivity index (χ3n) is 3.54. The second-order valence-electron chi connectivity index (χ2n) is 5.43. The Labute approximate surface area is 115 Å². The minimum absolute atomic E-state index is 0.499. The zero-order valence-electron chi connectivity index (χ0n) is 12.0. The number of rotatable bonds is 8. The lowest BCUT2D eigenvalue weighted by Gasteiger charge is -2.10. The van der Waals surface area contributed by atoms with Gasteiger partial charge in [-0.2, -0.15) is 4.98 Å². The van der Waals surface area contributed by atoms with E-state index in [0.717, 1.165) is 57.2 Å². The van der Waals surface area contributed by atoms with Crippen LogP contribution in [-0.4, -0.2) is 35.9 Å². The van der Waals surface area contributed by atoms with E-state index in [4.69, 9.17) is 9.26 Å². The fraction of sp³-hybridized carbons (Fsp3) is 0.857. The predicted octanol–water partition coefficient (Wildman–Crippen LogP) is 1.97. The number of hydrogen-bond acceptors (Lipinski definition) is 5. The quantitative estimate of drug-likeness (QED) is 0.780. The number of hydrogen-bond donors (Lipinski definition) is 1. The smallest absolute Gasteiger partial charge is 0.226 e. The molecular formula is C14H25N3O2. The molecule has 2 rings (SSSR count). The lowest BCUT2D eigenvalue weighted by atomic mass is 10.1. The number of aromatic nitrogens is 2. The topological polar surface area (TPSA) is 60.2 Å². The first kappa shape index (κ1) is 14.5. The van der Waals surface area contributed by atoms with Crippen LogP contribution >= 0.6 is 0 Å². The Balaban J connectivity index is 1.71. The van der Waals surface area contributed by atoms with Crippen LogP contribution < -0.4 is 5.32 Å². The monoisotopic (exact) mass is 267 g/mol. The molecule has 0 aromatic carbocycles. The normalized spacial score (nSPS) is 20.8. The van der Waals surface area contributed by atoms with Crippen molar-refractivity contribution in [2.24, 2.45) is 5.92 Å². The van der Waals surface area contributed by atoms with Crippen LogP contribution in [0.4, 0.5) is 0 Å². The molecule has 2 atom stereocenters. The molecule has 1 saturated heterocycles. The van der Waals surface area contributed by atoms with Gasteiger partial charge in [0.1, 0.15) is 0 Å². The van der Waals surface area contributed by atoms with Gasteiger partial charge in [-0.15, -0.1) is 0 Å². The van der Waals surface area contributed by atoms with Gasteiger partial charge in [-0.05, 0) is 38.6 Å². The first-order chi connectivity index (χ1) is 9.28. The number of ether oxygens (including phenoxy) is 1. The summed E-state index contributed by atoms with van der Waals surface area (Å²) in [5.74, 6) is 2.16. The van der Waals surface area contributed by atoms with E-state index in [9.17, 15) is 0 Å². The van der Waals surface area contributed by atoms with E-state index in [0.29, 0.717) is 12.0 Å². The fourth-order valence-corrected chi connectivity index (χ4v) is 2.31. The van der Waals surface area contributed by atoms with Crippen LogP contribution in [0.1, 0.15) is 44.8 Å². The van der Waals surface area contributed by atoms with Gasteiger partial charge in [0.05, 0.1) is 0 Å². The maximum Gasteiger partial charge on any atom is 0.226 e. The standard InChI is InChI=1S/C14H25N3O2/c1-3-7-15-11(2)4-5-14-16-13(17-19-14)9-12-6-8-18-10-12/h11-12,15H,3-10H2,1-2H3. The minimum atomic E-state index is 0.499. The summed E-state index contributed by atoms with van der Waals surface area (Å²) in [5.41, 5.74) is 0. The Morgan fingerprint density at radius 3 is 3.11 bits per heavy atom. The molecule has 0 amide bonds. The van der Waals surface area contributed by atoms with Gasteiger partial charge in [0.2, 0.25) is 5.89 Å². The molecule has 1 fully saturated rings. The van der Waals surface area contributed by atoms with E-state index in [1.165, 1.54) is 6.42 Å². The van der Waals surface area contributed by atoms with Crippen LogP contribution in [-0.2, 0) is 17.6 Å². The van der Waals surface area contributed by atoms with Crippen molar-refractivity contribution >= 4 is 0 Å². The van der Waals surface area contributed by atoms with Crippen LogP contribution in [0.2, 0.25) is 0 Å². The summed E-state index contributed by atoms with van der Waals surface area (Å²) in [6.07, 6.45) is 5.05. The van der Waals surface area contributed by atoms with Crippen molar-refractivity contribution in [1.82, 2.24) is 15.5 Å². The third kappa shape index (κ3) is 4.91. The first-order valence-electron chi connectivity index (χ1n) is 7.40. The zero-order chi connectivity index (χ0) is 13.5.